The normalized spacial score (nSPS) is 14.6. The van der Waals surface area contributed by atoms with Crippen LogP contribution in [0.25, 0.3) is 22.5 Å². The van der Waals surface area contributed by atoms with E-state index in [1.807, 2.05) is 43.7 Å². The van der Waals surface area contributed by atoms with E-state index in [2.05, 4.69) is 5.10 Å². The summed E-state index contributed by atoms with van der Waals surface area (Å²) in [6.07, 6.45) is 3.95. The maximum absolute atomic E-state index is 12.6. The molecule has 4 rings (SSSR count). The number of hydrogen-bond donors (Lipinski definition) is 1. The molecular formula is C26H31N3O6. The Kier molecular flexibility index (Phi) is 7.37. The number of carboxylic acids is 1. The van der Waals surface area contributed by atoms with E-state index in [-0.39, 0.29) is 17.6 Å². The van der Waals surface area contributed by atoms with Gasteiger partial charge in [0.25, 0.3) is 0 Å². The van der Waals surface area contributed by atoms with Crippen LogP contribution in [0.5, 0.6) is 5.75 Å². The molecule has 0 bridgehead atoms. The first-order valence-corrected chi connectivity index (χ1v) is 11.7. The van der Waals surface area contributed by atoms with Gasteiger partial charge in [-0.3, -0.25) is 9.48 Å². The lowest BCUT2D eigenvalue weighted by molar-refractivity contribution is 0.0636. The fourth-order valence-electron chi connectivity index (χ4n) is 4.40. The molecule has 3 aromatic rings. The highest BCUT2D eigenvalue weighted by molar-refractivity contribution is 5.88. The van der Waals surface area contributed by atoms with Gasteiger partial charge in [-0.25, -0.2) is 4.79 Å². The Morgan fingerprint density at radius 3 is 2.66 bits per heavy atom. The fraction of sp³-hybridized carbons (Fsp3) is 0.423. The van der Waals surface area contributed by atoms with E-state index in [1.165, 1.54) is 12.3 Å². The average Bonchev–Trinajstić information content (AvgIpc) is 3.25. The van der Waals surface area contributed by atoms with Gasteiger partial charge in [0.2, 0.25) is 0 Å². The molecule has 1 aromatic carbocycles. The van der Waals surface area contributed by atoms with Crippen LogP contribution in [0.2, 0.25) is 0 Å². The molecule has 9 heteroatoms. The molecular weight excluding hydrogens is 450 g/mol. The van der Waals surface area contributed by atoms with Crippen molar-refractivity contribution in [3.63, 3.8) is 0 Å². The lowest BCUT2D eigenvalue weighted by Gasteiger charge is -2.31. The summed E-state index contributed by atoms with van der Waals surface area (Å²) in [5.74, 6) is -0.566. The zero-order valence-corrected chi connectivity index (χ0v) is 20.5. The van der Waals surface area contributed by atoms with E-state index in [0.29, 0.717) is 32.1 Å². The van der Waals surface area contributed by atoms with E-state index in [4.69, 9.17) is 14.2 Å². The first kappa shape index (κ1) is 24.7. The molecule has 2 aromatic heterocycles. The molecule has 1 N–H and O–H groups in total. The molecule has 3 heterocycles. The molecule has 0 saturated carbocycles. The second-order valence-corrected chi connectivity index (χ2v) is 8.94. The van der Waals surface area contributed by atoms with E-state index in [1.54, 1.807) is 18.0 Å². The molecule has 1 aliphatic rings. The first-order valence-electron chi connectivity index (χ1n) is 11.7. The largest absolute Gasteiger partial charge is 0.493 e. The Morgan fingerprint density at radius 1 is 1.20 bits per heavy atom. The van der Waals surface area contributed by atoms with E-state index < -0.39 is 11.4 Å². The van der Waals surface area contributed by atoms with Crippen LogP contribution in [-0.2, 0) is 23.1 Å². The van der Waals surface area contributed by atoms with Crippen LogP contribution in [0.1, 0.15) is 42.1 Å². The number of carboxylic acid groups (broad SMARTS) is 1. The number of aromatic carboxylic acids is 1. The lowest BCUT2D eigenvalue weighted by atomic mass is 9.86. The van der Waals surface area contributed by atoms with E-state index in [9.17, 15) is 14.7 Å². The molecule has 0 fully saturated rings. The minimum absolute atomic E-state index is 0.0434. The number of nitrogens with zero attached hydrogens (tertiary/aromatic N) is 3. The SMILES string of the molecule is COCCCOc1cc2c(cc1-c1ccnn1C)-c1cc(=O)c(C(=O)O)cn1C[C@@H]2COC(C)C. The molecule has 0 amide bonds. The van der Waals surface area contributed by atoms with Crippen LogP contribution in [-0.4, -0.2) is 58.5 Å². The maximum atomic E-state index is 12.6. The van der Waals surface area contributed by atoms with Crippen molar-refractivity contribution in [2.24, 2.45) is 7.05 Å². The summed E-state index contributed by atoms with van der Waals surface area (Å²) >= 11 is 0. The summed E-state index contributed by atoms with van der Waals surface area (Å²) in [6.45, 7) is 5.98. The van der Waals surface area contributed by atoms with Gasteiger partial charge in [0.1, 0.15) is 11.3 Å². The van der Waals surface area contributed by atoms with Crippen LogP contribution >= 0.6 is 0 Å². The number of aromatic nitrogens is 3. The average molecular weight is 482 g/mol. The smallest absolute Gasteiger partial charge is 0.341 e. The van der Waals surface area contributed by atoms with Crippen molar-refractivity contribution in [2.75, 3.05) is 26.9 Å². The summed E-state index contributed by atoms with van der Waals surface area (Å²) in [5, 5.41) is 13.8. The number of pyridine rings is 1. The molecule has 0 spiro atoms. The standard InChI is InChI=1S/C26H31N3O6/c1-16(2)35-15-17-13-29-14-21(26(31)32)24(30)12-23(29)19-10-20(22-6-7-27-28(22)3)25(11-18(17)19)34-9-5-8-33-4/h6-7,10-12,14,16-17H,5,8-9,13,15H2,1-4H3,(H,31,32)/t17-/m1/s1. The zero-order valence-electron chi connectivity index (χ0n) is 20.5. The molecule has 35 heavy (non-hydrogen) atoms. The summed E-state index contributed by atoms with van der Waals surface area (Å²) < 4.78 is 20.9. The predicted molar refractivity (Wildman–Crippen MR) is 131 cm³/mol. The molecule has 186 valence electrons. The molecule has 0 unspecified atom stereocenters. The Morgan fingerprint density at radius 2 is 2.00 bits per heavy atom. The van der Waals surface area contributed by atoms with Gasteiger partial charge in [0, 0.05) is 69.2 Å². The van der Waals surface area contributed by atoms with Crippen LogP contribution in [0.15, 0.2) is 41.5 Å². The Balaban J connectivity index is 1.89. The third-order valence-electron chi connectivity index (χ3n) is 6.12. The molecule has 1 aliphatic heterocycles. The van der Waals surface area contributed by atoms with Crippen molar-refractivity contribution in [2.45, 2.75) is 38.8 Å². The van der Waals surface area contributed by atoms with Crippen LogP contribution in [0.3, 0.4) is 0 Å². The molecule has 9 nitrogen and oxygen atoms in total. The molecule has 0 aliphatic carbocycles. The van der Waals surface area contributed by atoms with Crippen molar-refractivity contribution < 1.29 is 24.1 Å². The Bertz CT molecular complexity index is 1280. The number of rotatable bonds is 10. The van der Waals surface area contributed by atoms with Gasteiger partial charge in [0.05, 0.1) is 30.7 Å². The van der Waals surface area contributed by atoms with Gasteiger partial charge in [-0.2, -0.15) is 5.10 Å². The quantitative estimate of drug-likeness (QED) is 0.442. The predicted octanol–water partition coefficient (Wildman–Crippen LogP) is 3.55. The van der Waals surface area contributed by atoms with Gasteiger partial charge in [0.15, 0.2) is 5.43 Å². The number of benzene rings is 1. The lowest BCUT2D eigenvalue weighted by Crippen LogP contribution is -2.27. The molecule has 0 saturated heterocycles. The zero-order chi connectivity index (χ0) is 25.1. The minimum atomic E-state index is -1.23. The van der Waals surface area contributed by atoms with Gasteiger partial charge < -0.3 is 23.9 Å². The number of carbonyl (C=O) groups is 1. The number of fused-ring (bicyclic) bond motifs is 3. The van der Waals surface area contributed by atoms with E-state index >= 15 is 0 Å². The highest BCUT2D eigenvalue weighted by atomic mass is 16.5. The third kappa shape index (κ3) is 5.16. The van der Waals surface area contributed by atoms with Crippen molar-refractivity contribution in [3.05, 3.63) is 58.0 Å². The van der Waals surface area contributed by atoms with Crippen molar-refractivity contribution in [1.82, 2.24) is 14.3 Å². The van der Waals surface area contributed by atoms with Gasteiger partial charge in [-0.05, 0) is 37.6 Å². The van der Waals surface area contributed by atoms with Crippen LogP contribution in [0.4, 0.5) is 0 Å². The van der Waals surface area contributed by atoms with Crippen LogP contribution in [0, 0.1) is 0 Å². The van der Waals surface area contributed by atoms with Crippen molar-refractivity contribution in [1.29, 1.82) is 0 Å². The first-order chi connectivity index (χ1) is 16.8. The topological polar surface area (TPSA) is 105 Å². The highest BCUT2D eigenvalue weighted by Crippen LogP contribution is 2.43. The summed E-state index contributed by atoms with van der Waals surface area (Å²) in [7, 11) is 3.52. The summed E-state index contributed by atoms with van der Waals surface area (Å²) in [6, 6.07) is 7.35. The minimum Gasteiger partial charge on any atom is -0.493 e. The van der Waals surface area contributed by atoms with E-state index in [0.717, 1.165) is 34.6 Å². The molecule has 0 radical (unpaired) electrons. The monoisotopic (exact) mass is 481 g/mol. The third-order valence-corrected chi connectivity index (χ3v) is 6.12. The van der Waals surface area contributed by atoms with Crippen molar-refractivity contribution >= 4 is 5.97 Å². The summed E-state index contributed by atoms with van der Waals surface area (Å²) in [5.41, 5.74) is 3.47. The molecule has 1 atom stereocenters. The number of methoxy groups -OCH3 is 1. The maximum Gasteiger partial charge on any atom is 0.341 e. The van der Waals surface area contributed by atoms with Gasteiger partial charge in [-0.15, -0.1) is 0 Å². The van der Waals surface area contributed by atoms with Gasteiger partial charge >= 0.3 is 5.97 Å². The second kappa shape index (κ2) is 10.5. The Hall–Kier alpha value is -3.43. The summed E-state index contributed by atoms with van der Waals surface area (Å²) in [4.78, 5) is 24.2. The van der Waals surface area contributed by atoms with Crippen LogP contribution < -0.4 is 10.2 Å². The van der Waals surface area contributed by atoms with Gasteiger partial charge in [-0.1, -0.05) is 0 Å². The van der Waals surface area contributed by atoms with Crippen molar-refractivity contribution in [3.8, 4) is 28.3 Å². The number of aryl methyl sites for hydroxylation is 1. The number of ether oxygens (including phenoxy) is 3. The second-order valence-electron chi connectivity index (χ2n) is 8.94. The number of hydrogen-bond acceptors (Lipinski definition) is 6. The fourth-order valence-corrected chi connectivity index (χ4v) is 4.40. The Labute approximate surface area is 203 Å². The highest BCUT2D eigenvalue weighted by Gasteiger charge is 2.29.